The molecule has 100 valence electrons. The van der Waals surface area contributed by atoms with Crippen molar-refractivity contribution >= 4 is 11.7 Å². The minimum Gasteiger partial charge on any atom is -0.409 e. The summed E-state index contributed by atoms with van der Waals surface area (Å²) in [5.41, 5.74) is 5.60. The molecule has 0 spiro atoms. The lowest BCUT2D eigenvalue weighted by Gasteiger charge is -2.30. The van der Waals surface area contributed by atoms with E-state index in [1.165, 1.54) is 0 Å². The lowest BCUT2D eigenvalue weighted by atomic mass is 9.91. The number of amidine groups is 1. The molecule has 0 heterocycles. The number of hydrogen-bond donors (Lipinski definition) is 2. The van der Waals surface area contributed by atoms with Gasteiger partial charge in [-0.15, -0.1) is 0 Å². The smallest absolute Gasteiger partial charge is 0.233 e. The van der Waals surface area contributed by atoms with Gasteiger partial charge >= 0.3 is 0 Å². The molecule has 1 amide bonds. The molecule has 5 heteroatoms. The third-order valence-electron chi connectivity index (χ3n) is 2.45. The first kappa shape index (κ1) is 15.7. The van der Waals surface area contributed by atoms with Crippen molar-refractivity contribution in [3.8, 4) is 0 Å². The number of rotatable bonds is 4. The van der Waals surface area contributed by atoms with Gasteiger partial charge in [-0.05, 0) is 11.3 Å². The Balaban J connectivity index is 4.86. The lowest BCUT2D eigenvalue weighted by molar-refractivity contribution is -0.134. The molecule has 0 saturated heterocycles. The van der Waals surface area contributed by atoms with Crippen LogP contribution in [0.2, 0.25) is 0 Å². The summed E-state index contributed by atoms with van der Waals surface area (Å²) in [5.74, 6) is -0.691. The molecule has 0 saturated carbocycles. The first-order valence-electron chi connectivity index (χ1n) is 5.82. The summed E-state index contributed by atoms with van der Waals surface area (Å²) in [4.78, 5) is 13.9. The Labute approximate surface area is 104 Å². The number of amides is 1. The van der Waals surface area contributed by atoms with E-state index in [2.05, 4.69) is 25.9 Å². The Kier molecular flexibility index (Phi) is 5.45. The summed E-state index contributed by atoms with van der Waals surface area (Å²) >= 11 is 0. The highest BCUT2D eigenvalue weighted by molar-refractivity contribution is 6.02. The van der Waals surface area contributed by atoms with E-state index in [0.717, 1.165) is 0 Å². The molecule has 0 aromatic carbocycles. The molecule has 0 aliphatic heterocycles. The van der Waals surface area contributed by atoms with Gasteiger partial charge in [0.25, 0.3) is 0 Å². The van der Waals surface area contributed by atoms with Crippen LogP contribution in [0, 0.1) is 17.3 Å². The fourth-order valence-electron chi connectivity index (χ4n) is 1.84. The summed E-state index contributed by atoms with van der Waals surface area (Å²) in [6, 6.07) is 0. The van der Waals surface area contributed by atoms with Crippen LogP contribution in [0.15, 0.2) is 5.16 Å². The zero-order valence-electron chi connectivity index (χ0n) is 11.7. The minimum atomic E-state index is -0.563. The quantitative estimate of drug-likeness (QED) is 0.340. The van der Waals surface area contributed by atoms with Gasteiger partial charge in [-0.1, -0.05) is 39.8 Å². The molecule has 1 unspecified atom stereocenters. The van der Waals surface area contributed by atoms with Crippen molar-refractivity contribution in [3.63, 3.8) is 0 Å². The van der Waals surface area contributed by atoms with Gasteiger partial charge in [-0.25, -0.2) is 0 Å². The number of carbonyl (C=O) groups is 1. The predicted octanol–water partition coefficient (Wildman–Crippen LogP) is 1.51. The second-order valence-corrected chi connectivity index (χ2v) is 6.00. The summed E-state index contributed by atoms with van der Waals surface area (Å²) in [6.07, 6.45) is 0. The number of carbonyl (C=O) groups excluding carboxylic acids is 1. The van der Waals surface area contributed by atoms with Crippen LogP contribution in [-0.2, 0) is 4.79 Å². The second-order valence-electron chi connectivity index (χ2n) is 6.00. The van der Waals surface area contributed by atoms with Crippen LogP contribution in [0.4, 0.5) is 0 Å². The van der Waals surface area contributed by atoms with Gasteiger partial charge in [0.1, 0.15) is 5.92 Å². The predicted molar refractivity (Wildman–Crippen MR) is 68.8 cm³/mol. The number of oxime groups is 1. The van der Waals surface area contributed by atoms with Crippen LogP contribution < -0.4 is 5.73 Å². The first-order chi connectivity index (χ1) is 7.60. The van der Waals surface area contributed by atoms with Crippen LogP contribution in [0.1, 0.15) is 34.6 Å². The molecule has 0 fully saturated rings. The average molecular weight is 243 g/mol. The van der Waals surface area contributed by atoms with Gasteiger partial charge in [0.2, 0.25) is 5.91 Å². The molecule has 0 radical (unpaired) electrons. The second kappa shape index (κ2) is 5.89. The summed E-state index contributed by atoms with van der Waals surface area (Å²) in [7, 11) is 1.74. The van der Waals surface area contributed by atoms with Crippen LogP contribution >= 0.6 is 0 Å². The Morgan fingerprint density at radius 2 is 1.88 bits per heavy atom. The third kappa shape index (κ3) is 5.06. The molecular formula is C12H25N3O2. The summed E-state index contributed by atoms with van der Waals surface area (Å²) in [6.45, 7) is 10.6. The Hall–Kier alpha value is -1.26. The molecule has 0 aromatic rings. The van der Waals surface area contributed by atoms with Gasteiger partial charge in [0.05, 0.1) is 0 Å². The van der Waals surface area contributed by atoms with E-state index in [1.54, 1.807) is 11.9 Å². The third-order valence-corrected chi connectivity index (χ3v) is 2.45. The van der Waals surface area contributed by atoms with Crippen molar-refractivity contribution < 1.29 is 10.0 Å². The van der Waals surface area contributed by atoms with E-state index in [4.69, 9.17) is 10.9 Å². The van der Waals surface area contributed by atoms with Crippen LogP contribution in [0.3, 0.4) is 0 Å². The Bertz CT molecular complexity index is 293. The van der Waals surface area contributed by atoms with Crippen LogP contribution in [0.25, 0.3) is 0 Å². The number of nitrogens with zero attached hydrogens (tertiary/aromatic N) is 2. The standard InChI is InChI=1S/C12H25N3O2/c1-8(2)9(10(13)14-17)11(16)15(6)7-12(3,4)5/h8-9,17H,7H2,1-6H3,(H2,13,14). The van der Waals surface area contributed by atoms with Crippen molar-refractivity contribution in [3.05, 3.63) is 0 Å². The van der Waals surface area contributed by atoms with Crippen molar-refractivity contribution in [2.24, 2.45) is 28.1 Å². The number of nitrogens with two attached hydrogens (primary N) is 1. The lowest BCUT2D eigenvalue weighted by Crippen LogP contribution is -2.45. The number of hydrogen-bond acceptors (Lipinski definition) is 3. The van der Waals surface area contributed by atoms with E-state index in [1.807, 2.05) is 13.8 Å². The minimum absolute atomic E-state index is 0.000758. The van der Waals surface area contributed by atoms with Crippen molar-refractivity contribution in [1.29, 1.82) is 0 Å². The van der Waals surface area contributed by atoms with Gasteiger partial charge in [-0.2, -0.15) is 0 Å². The monoisotopic (exact) mass is 243 g/mol. The fourth-order valence-corrected chi connectivity index (χ4v) is 1.84. The topological polar surface area (TPSA) is 78.9 Å². The van der Waals surface area contributed by atoms with Crippen molar-refractivity contribution in [2.75, 3.05) is 13.6 Å². The molecule has 5 nitrogen and oxygen atoms in total. The van der Waals surface area contributed by atoms with E-state index in [0.29, 0.717) is 6.54 Å². The summed E-state index contributed by atoms with van der Waals surface area (Å²) in [5, 5.41) is 11.7. The average Bonchev–Trinajstić information content (AvgIpc) is 2.14. The van der Waals surface area contributed by atoms with Crippen molar-refractivity contribution in [1.82, 2.24) is 4.90 Å². The molecule has 0 aromatic heterocycles. The molecule has 3 N–H and O–H groups in total. The highest BCUT2D eigenvalue weighted by Gasteiger charge is 2.30. The van der Waals surface area contributed by atoms with Crippen LogP contribution in [-0.4, -0.2) is 35.4 Å². The van der Waals surface area contributed by atoms with E-state index < -0.39 is 5.92 Å². The van der Waals surface area contributed by atoms with E-state index in [-0.39, 0.29) is 23.1 Å². The molecule has 1 atom stereocenters. The van der Waals surface area contributed by atoms with E-state index in [9.17, 15) is 4.79 Å². The summed E-state index contributed by atoms with van der Waals surface area (Å²) < 4.78 is 0. The molecule has 0 aliphatic rings. The van der Waals surface area contributed by atoms with Gasteiger partial charge in [0, 0.05) is 13.6 Å². The molecule has 0 aliphatic carbocycles. The molecule has 0 rings (SSSR count). The van der Waals surface area contributed by atoms with Gasteiger partial charge < -0.3 is 15.8 Å². The molecule has 0 bridgehead atoms. The Morgan fingerprint density at radius 3 is 2.18 bits per heavy atom. The first-order valence-corrected chi connectivity index (χ1v) is 5.82. The zero-order valence-corrected chi connectivity index (χ0v) is 11.7. The SMILES string of the molecule is CC(C)C(C(=O)N(C)CC(C)(C)C)C(N)=NO. The fraction of sp³-hybridized carbons (Fsp3) is 0.833. The maximum atomic E-state index is 12.2. The Morgan fingerprint density at radius 1 is 1.41 bits per heavy atom. The molecule has 17 heavy (non-hydrogen) atoms. The van der Waals surface area contributed by atoms with E-state index >= 15 is 0 Å². The van der Waals surface area contributed by atoms with Gasteiger partial charge in [-0.3, -0.25) is 4.79 Å². The van der Waals surface area contributed by atoms with Crippen LogP contribution in [0.5, 0.6) is 0 Å². The normalized spacial score (nSPS) is 14.9. The van der Waals surface area contributed by atoms with Crippen molar-refractivity contribution in [2.45, 2.75) is 34.6 Å². The molecular weight excluding hydrogens is 218 g/mol. The highest BCUT2D eigenvalue weighted by Crippen LogP contribution is 2.19. The maximum absolute atomic E-state index is 12.2. The maximum Gasteiger partial charge on any atom is 0.233 e. The highest BCUT2D eigenvalue weighted by atomic mass is 16.4. The van der Waals surface area contributed by atoms with Gasteiger partial charge in [0.15, 0.2) is 5.84 Å². The zero-order chi connectivity index (χ0) is 13.8. The largest absolute Gasteiger partial charge is 0.409 e.